The number of piperidine rings is 1. The van der Waals surface area contributed by atoms with Crippen LogP contribution in [-0.4, -0.2) is 35.6 Å². The second-order valence-corrected chi connectivity index (χ2v) is 5.02. The molecule has 1 saturated heterocycles. The Labute approximate surface area is 76.1 Å². The third-order valence-electron chi connectivity index (χ3n) is 2.09. The van der Waals surface area contributed by atoms with E-state index < -0.39 is 0 Å². The van der Waals surface area contributed by atoms with Crippen LogP contribution in [0.15, 0.2) is 0 Å². The lowest BCUT2D eigenvalue weighted by Gasteiger charge is -2.37. The molecule has 2 nitrogen and oxygen atoms in total. The Morgan fingerprint density at radius 1 is 1.64 bits per heavy atom. The normalized spacial score (nSPS) is 32.4. The molecule has 1 fully saturated rings. The highest BCUT2D eigenvalue weighted by atomic mass is 79.9. The van der Waals surface area contributed by atoms with E-state index in [0.717, 1.165) is 13.1 Å². The summed E-state index contributed by atoms with van der Waals surface area (Å²) in [5.41, 5.74) is -0.179. The van der Waals surface area contributed by atoms with E-state index in [1.807, 2.05) is 20.9 Å². The number of alkyl halides is 1. The van der Waals surface area contributed by atoms with Crippen molar-refractivity contribution in [2.45, 2.75) is 18.7 Å². The predicted molar refractivity (Wildman–Crippen MR) is 49.0 cm³/mol. The summed E-state index contributed by atoms with van der Waals surface area (Å²) in [4.78, 5) is 13.7. The summed E-state index contributed by atoms with van der Waals surface area (Å²) in [6.45, 7) is 5.70. The molecule has 0 aromatic rings. The lowest BCUT2D eigenvalue weighted by molar-refractivity contribution is -0.130. The van der Waals surface area contributed by atoms with E-state index in [1.165, 1.54) is 0 Å². The molecule has 0 radical (unpaired) electrons. The Morgan fingerprint density at radius 2 is 2.18 bits per heavy atom. The van der Waals surface area contributed by atoms with Crippen LogP contribution in [0, 0.1) is 5.41 Å². The minimum Gasteiger partial charge on any atom is -0.304 e. The summed E-state index contributed by atoms with van der Waals surface area (Å²) in [6.07, 6.45) is 0. The Bertz CT molecular complexity index is 179. The van der Waals surface area contributed by atoms with Crippen molar-refractivity contribution in [3.05, 3.63) is 0 Å². The molecule has 11 heavy (non-hydrogen) atoms. The maximum Gasteiger partial charge on any atom is 0.154 e. The lowest BCUT2D eigenvalue weighted by atomic mass is 9.83. The highest BCUT2D eigenvalue weighted by molar-refractivity contribution is 9.10. The minimum absolute atomic E-state index is 0.0243. The molecule has 1 rings (SSSR count). The van der Waals surface area contributed by atoms with Crippen molar-refractivity contribution < 1.29 is 4.79 Å². The third kappa shape index (κ3) is 1.82. The lowest BCUT2D eigenvalue weighted by Crippen LogP contribution is -2.50. The van der Waals surface area contributed by atoms with Gasteiger partial charge in [-0.2, -0.15) is 0 Å². The van der Waals surface area contributed by atoms with Gasteiger partial charge in [-0.05, 0) is 7.05 Å². The van der Waals surface area contributed by atoms with Gasteiger partial charge in [0, 0.05) is 18.5 Å². The van der Waals surface area contributed by atoms with Gasteiger partial charge in [-0.1, -0.05) is 29.8 Å². The van der Waals surface area contributed by atoms with Crippen LogP contribution >= 0.6 is 15.9 Å². The molecule has 0 spiro atoms. The van der Waals surface area contributed by atoms with Crippen molar-refractivity contribution in [1.82, 2.24) is 4.90 Å². The van der Waals surface area contributed by atoms with Gasteiger partial charge >= 0.3 is 0 Å². The molecule has 0 N–H and O–H groups in total. The quantitative estimate of drug-likeness (QED) is 0.573. The fraction of sp³-hybridized carbons (Fsp3) is 0.875. The van der Waals surface area contributed by atoms with E-state index in [-0.39, 0.29) is 10.2 Å². The van der Waals surface area contributed by atoms with Crippen molar-refractivity contribution in [3.63, 3.8) is 0 Å². The van der Waals surface area contributed by atoms with Gasteiger partial charge in [0.2, 0.25) is 0 Å². The van der Waals surface area contributed by atoms with Crippen LogP contribution in [0.4, 0.5) is 0 Å². The van der Waals surface area contributed by atoms with Crippen molar-refractivity contribution in [2.24, 2.45) is 5.41 Å². The maximum atomic E-state index is 11.5. The monoisotopic (exact) mass is 219 g/mol. The van der Waals surface area contributed by atoms with Crippen molar-refractivity contribution >= 4 is 21.7 Å². The number of carbonyl (C=O) groups is 1. The van der Waals surface area contributed by atoms with E-state index in [1.54, 1.807) is 0 Å². The summed E-state index contributed by atoms with van der Waals surface area (Å²) >= 11 is 3.38. The first kappa shape index (κ1) is 9.20. The largest absolute Gasteiger partial charge is 0.304 e. The second kappa shape index (κ2) is 2.87. The number of hydrogen-bond acceptors (Lipinski definition) is 2. The van der Waals surface area contributed by atoms with Crippen LogP contribution in [0.5, 0.6) is 0 Å². The first-order chi connectivity index (χ1) is 4.93. The number of likely N-dealkylation sites (tertiary alicyclic amines) is 1. The molecule has 64 valence electrons. The molecule has 1 aliphatic heterocycles. The molecule has 0 saturated carbocycles. The third-order valence-corrected chi connectivity index (χ3v) is 2.79. The average molecular weight is 220 g/mol. The van der Waals surface area contributed by atoms with Crippen LogP contribution < -0.4 is 0 Å². The van der Waals surface area contributed by atoms with Crippen molar-refractivity contribution in [2.75, 3.05) is 20.1 Å². The number of Topliss-reactive ketones (excluding diaryl/α,β-unsaturated/α-hetero) is 1. The van der Waals surface area contributed by atoms with Gasteiger partial charge in [-0.25, -0.2) is 0 Å². The van der Waals surface area contributed by atoms with E-state index in [4.69, 9.17) is 0 Å². The molecule has 0 aliphatic carbocycles. The van der Waals surface area contributed by atoms with Gasteiger partial charge in [-0.15, -0.1) is 0 Å². The molecule has 1 unspecified atom stereocenters. The SMILES string of the molecule is CN1CC(Br)C(=O)C(C)(C)C1. The Morgan fingerprint density at radius 3 is 2.64 bits per heavy atom. The fourth-order valence-electron chi connectivity index (χ4n) is 1.60. The summed E-state index contributed by atoms with van der Waals surface area (Å²) in [5, 5.41) is 0. The zero-order valence-electron chi connectivity index (χ0n) is 7.22. The first-order valence-corrected chi connectivity index (χ1v) is 4.72. The molecular weight excluding hydrogens is 206 g/mol. The molecule has 1 atom stereocenters. The molecule has 0 aromatic heterocycles. The zero-order chi connectivity index (χ0) is 8.65. The van der Waals surface area contributed by atoms with Crippen molar-refractivity contribution in [1.29, 1.82) is 0 Å². The van der Waals surface area contributed by atoms with Gasteiger partial charge < -0.3 is 4.90 Å². The van der Waals surface area contributed by atoms with Gasteiger partial charge in [0.25, 0.3) is 0 Å². The molecule has 0 aromatic carbocycles. The van der Waals surface area contributed by atoms with E-state index in [0.29, 0.717) is 5.78 Å². The number of hydrogen-bond donors (Lipinski definition) is 0. The second-order valence-electron chi connectivity index (χ2n) is 3.91. The Balaban J connectivity index is 2.75. The van der Waals surface area contributed by atoms with E-state index in [2.05, 4.69) is 20.8 Å². The number of rotatable bonds is 0. The van der Waals surface area contributed by atoms with Crippen LogP contribution in [0.25, 0.3) is 0 Å². The molecule has 0 amide bonds. The standard InChI is InChI=1S/C8H14BrNO/c1-8(2)5-10(3)4-6(9)7(8)11/h6H,4-5H2,1-3H3. The number of ketones is 1. The van der Waals surface area contributed by atoms with Crippen molar-refractivity contribution in [3.8, 4) is 0 Å². The Hall–Kier alpha value is 0.110. The average Bonchev–Trinajstić information content (AvgIpc) is 1.81. The van der Waals surface area contributed by atoms with Crippen LogP contribution in [0.3, 0.4) is 0 Å². The molecule has 1 heterocycles. The van der Waals surface area contributed by atoms with Crippen LogP contribution in [0.2, 0.25) is 0 Å². The van der Waals surface area contributed by atoms with Gasteiger partial charge in [0.15, 0.2) is 5.78 Å². The number of carbonyl (C=O) groups excluding carboxylic acids is 1. The summed E-state index contributed by atoms with van der Waals surface area (Å²) in [6, 6.07) is 0. The van der Waals surface area contributed by atoms with Gasteiger partial charge in [0.1, 0.15) is 0 Å². The summed E-state index contributed by atoms with van der Waals surface area (Å²) in [7, 11) is 2.04. The van der Waals surface area contributed by atoms with Crippen LogP contribution in [-0.2, 0) is 4.79 Å². The molecule has 0 bridgehead atoms. The maximum absolute atomic E-state index is 11.5. The van der Waals surface area contributed by atoms with E-state index >= 15 is 0 Å². The highest BCUT2D eigenvalue weighted by Crippen LogP contribution is 2.27. The fourth-order valence-corrected chi connectivity index (χ4v) is 2.71. The summed E-state index contributed by atoms with van der Waals surface area (Å²) < 4.78 is 0. The molecular formula is C8H14BrNO. The smallest absolute Gasteiger partial charge is 0.154 e. The van der Waals surface area contributed by atoms with Gasteiger partial charge in [-0.3, -0.25) is 4.79 Å². The Kier molecular flexibility index (Phi) is 2.40. The predicted octanol–water partition coefficient (Wildman–Crippen LogP) is 1.29. The first-order valence-electron chi connectivity index (χ1n) is 3.80. The molecule has 1 aliphatic rings. The number of nitrogens with zero attached hydrogens (tertiary/aromatic N) is 1. The number of halogens is 1. The topological polar surface area (TPSA) is 20.3 Å². The minimum atomic E-state index is -0.179. The zero-order valence-corrected chi connectivity index (χ0v) is 8.81. The highest BCUT2D eigenvalue weighted by Gasteiger charge is 2.38. The molecule has 3 heteroatoms. The summed E-state index contributed by atoms with van der Waals surface area (Å²) in [5.74, 6) is 0.329. The van der Waals surface area contributed by atoms with Gasteiger partial charge in [0.05, 0.1) is 4.83 Å². The van der Waals surface area contributed by atoms with E-state index in [9.17, 15) is 4.79 Å². The van der Waals surface area contributed by atoms with Crippen LogP contribution in [0.1, 0.15) is 13.8 Å².